The zero-order valence-electron chi connectivity index (χ0n) is 9.46. The first-order valence-corrected chi connectivity index (χ1v) is 5.77. The molecule has 2 unspecified atom stereocenters. The minimum Gasteiger partial charge on any atom is -0.368 e. The maximum Gasteiger partial charge on any atom is 0.0464 e. The Morgan fingerprint density at radius 3 is 3.07 bits per heavy atom. The fraction of sp³-hybridized carbons (Fsp3) is 0.538. The predicted octanol–water partition coefficient (Wildman–Crippen LogP) is 1.97. The summed E-state index contributed by atoms with van der Waals surface area (Å²) in [5.41, 5.74) is 3.28. The molecular formula is C13H18N2. The summed E-state index contributed by atoms with van der Waals surface area (Å²) in [4.78, 5) is 2.48. The SMILES string of the molecule is CN1c2ccccc2C2CNCCC21C. The highest BCUT2D eigenvalue weighted by Gasteiger charge is 2.47. The van der Waals surface area contributed by atoms with Crippen LogP contribution in [0.25, 0.3) is 0 Å². The molecule has 0 radical (unpaired) electrons. The number of anilines is 1. The van der Waals surface area contributed by atoms with E-state index in [0.29, 0.717) is 11.5 Å². The molecule has 0 spiro atoms. The summed E-state index contributed by atoms with van der Waals surface area (Å²) in [6.45, 7) is 4.67. The third-order valence-electron chi connectivity index (χ3n) is 4.35. The fourth-order valence-corrected chi connectivity index (χ4v) is 3.19. The van der Waals surface area contributed by atoms with E-state index >= 15 is 0 Å². The van der Waals surface area contributed by atoms with Crippen LogP contribution >= 0.6 is 0 Å². The van der Waals surface area contributed by atoms with Crippen LogP contribution in [0.4, 0.5) is 5.69 Å². The first-order chi connectivity index (χ1) is 7.23. The molecule has 2 aliphatic heterocycles. The van der Waals surface area contributed by atoms with Gasteiger partial charge in [-0.2, -0.15) is 0 Å². The molecule has 1 N–H and O–H groups in total. The van der Waals surface area contributed by atoms with Crippen LogP contribution in [-0.4, -0.2) is 25.7 Å². The van der Waals surface area contributed by atoms with Crippen molar-refractivity contribution in [2.75, 3.05) is 25.0 Å². The van der Waals surface area contributed by atoms with Crippen molar-refractivity contribution in [3.05, 3.63) is 29.8 Å². The zero-order valence-corrected chi connectivity index (χ0v) is 9.46. The number of piperidine rings is 1. The van der Waals surface area contributed by atoms with Crippen molar-refractivity contribution < 1.29 is 0 Å². The van der Waals surface area contributed by atoms with Gasteiger partial charge in [0.25, 0.3) is 0 Å². The van der Waals surface area contributed by atoms with Gasteiger partial charge in [0.2, 0.25) is 0 Å². The lowest BCUT2D eigenvalue weighted by atomic mass is 9.79. The van der Waals surface area contributed by atoms with E-state index in [0.717, 1.165) is 13.1 Å². The molecule has 0 amide bonds. The number of rotatable bonds is 0. The third kappa shape index (κ3) is 1.08. The smallest absolute Gasteiger partial charge is 0.0464 e. The van der Waals surface area contributed by atoms with E-state index in [9.17, 15) is 0 Å². The average molecular weight is 202 g/mol. The van der Waals surface area contributed by atoms with E-state index < -0.39 is 0 Å². The molecule has 15 heavy (non-hydrogen) atoms. The highest BCUT2D eigenvalue weighted by molar-refractivity contribution is 5.63. The standard InChI is InChI=1S/C13H18N2/c1-13-7-8-14-9-11(13)10-5-3-4-6-12(10)15(13)2/h3-6,11,14H,7-9H2,1-2H3. The number of hydrogen-bond donors (Lipinski definition) is 1. The third-order valence-corrected chi connectivity index (χ3v) is 4.35. The molecule has 3 rings (SSSR count). The topological polar surface area (TPSA) is 15.3 Å². The summed E-state index contributed by atoms with van der Waals surface area (Å²) in [6.07, 6.45) is 1.24. The van der Waals surface area contributed by atoms with E-state index in [1.54, 1.807) is 0 Å². The molecule has 2 nitrogen and oxygen atoms in total. The Hall–Kier alpha value is -1.02. The number of fused-ring (bicyclic) bond motifs is 3. The van der Waals surface area contributed by atoms with E-state index in [-0.39, 0.29) is 0 Å². The number of nitrogens with one attached hydrogen (secondary N) is 1. The Labute approximate surface area is 91.3 Å². The first-order valence-electron chi connectivity index (χ1n) is 5.77. The summed E-state index contributed by atoms with van der Waals surface area (Å²) in [5, 5.41) is 3.52. The molecule has 2 heteroatoms. The van der Waals surface area contributed by atoms with Crippen LogP contribution < -0.4 is 10.2 Å². The van der Waals surface area contributed by atoms with Gasteiger partial charge in [0.15, 0.2) is 0 Å². The van der Waals surface area contributed by atoms with Crippen LogP contribution in [0.1, 0.15) is 24.8 Å². The summed E-state index contributed by atoms with van der Waals surface area (Å²) in [6, 6.07) is 8.84. The van der Waals surface area contributed by atoms with Crippen molar-refractivity contribution in [3.63, 3.8) is 0 Å². The second kappa shape index (κ2) is 2.99. The van der Waals surface area contributed by atoms with Crippen molar-refractivity contribution >= 4 is 5.69 Å². The number of hydrogen-bond acceptors (Lipinski definition) is 2. The second-order valence-corrected chi connectivity index (χ2v) is 4.98. The lowest BCUT2D eigenvalue weighted by molar-refractivity contribution is 0.299. The van der Waals surface area contributed by atoms with Crippen LogP contribution in [0, 0.1) is 0 Å². The van der Waals surface area contributed by atoms with Crippen molar-refractivity contribution in [2.45, 2.75) is 24.8 Å². The molecule has 0 bridgehead atoms. The largest absolute Gasteiger partial charge is 0.368 e. The molecule has 2 heterocycles. The molecule has 1 saturated heterocycles. The van der Waals surface area contributed by atoms with Crippen molar-refractivity contribution in [1.82, 2.24) is 5.32 Å². The van der Waals surface area contributed by atoms with Gasteiger partial charge >= 0.3 is 0 Å². The maximum absolute atomic E-state index is 3.52. The van der Waals surface area contributed by atoms with Gasteiger partial charge in [-0.3, -0.25) is 0 Å². The van der Waals surface area contributed by atoms with Gasteiger partial charge < -0.3 is 10.2 Å². The van der Waals surface area contributed by atoms with Crippen molar-refractivity contribution in [3.8, 4) is 0 Å². The van der Waals surface area contributed by atoms with E-state index in [1.165, 1.54) is 17.7 Å². The molecule has 2 aliphatic rings. The highest BCUT2D eigenvalue weighted by atomic mass is 15.2. The number of benzene rings is 1. The van der Waals surface area contributed by atoms with Gasteiger partial charge in [0, 0.05) is 30.7 Å². The van der Waals surface area contributed by atoms with Gasteiger partial charge in [-0.15, -0.1) is 0 Å². The molecule has 2 atom stereocenters. The molecule has 0 saturated carbocycles. The minimum absolute atomic E-state index is 0.328. The Morgan fingerprint density at radius 1 is 1.40 bits per heavy atom. The fourth-order valence-electron chi connectivity index (χ4n) is 3.19. The Balaban J connectivity index is 2.13. The highest BCUT2D eigenvalue weighted by Crippen LogP contribution is 2.48. The van der Waals surface area contributed by atoms with Crippen LogP contribution in [0.2, 0.25) is 0 Å². The lowest BCUT2D eigenvalue weighted by Gasteiger charge is -2.42. The number of likely N-dealkylation sites (N-methyl/N-ethyl adjacent to an activating group) is 1. The number of para-hydroxylation sites is 1. The first kappa shape index (κ1) is 9.22. The second-order valence-electron chi connectivity index (χ2n) is 4.98. The van der Waals surface area contributed by atoms with E-state index in [1.807, 2.05) is 0 Å². The van der Waals surface area contributed by atoms with Gasteiger partial charge in [-0.25, -0.2) is 0 Å². The molecule has 0 aliphatic carbocycles. The lowest BCUT2D eigenvalue weighted by Crippen LogP contribution is -2.52. The van der Waals surface area contributed by atoms with Crippen LogP contribution in [0.5, 0.6) is 0 Å². The normalized spacial score (nSPS) is 33.7. The Bertz CT molecular complexity index is 388. The monoisotopic (exact) mass is 202 g/mol. The van der Waals surface area contributed by atoms with Gasteiger partial charge in [-0.05, 0) is 31.5 Å². The number of nitrogens with zero attached hydrogens (tertiary/aromatic N) is 1. The summed E-state index contributed by atoms with van der Waals surface area (Å²) in [7, 11) is 2.24. The van der Waals surface area contributed by atoms with Crippen LogP contribution in [-0.2, 0) is 0 Å². The maximum atomic E-state index is 3.52. The summed E-state index contributed by atoms with van der Waals surface area (Å²) >= 11 is 0. The van der Waals surface area contributed by atoms with Crippen LogP contribution in [0.3, 0.4) is 0 Å². The Morgan fingerprint density at radius 2 is 2.20 bits per heavy atom. The molecule has 1 fully saturated rings. The van der Waals surface area contributed by atoms with Crippen molar-refractivity contribution in [2.24, 2.45) is 0 Å². The van der Waals surface area contributed by atoms with E-state index in [2.05, 4.69) is 48.5 Å². The quantitative estimate of drug-likeness (QED) is 0.692. The zero-order chi connectivity index (χ0) is 10.5. The Kier molecular flexibility index (Phi) is 1.84. The summed E-state index contributed by atoms with van der Waals surface area (Å²) in [5.74, 6) is 0.660. The molecular weight excluding hydrogens is 184 g/mol. The minimum atomic E-state index is 0.328. The molecule has 1 aromatic carbocycles. The predicted molar refractivity (Wildman–Crippen MR) is 63.5 cm³/mol. The van der Waals surface area contributed by atoms with Gasteiger partial charge in [0.05, 0.1) is 0 Å². The summed E-state index contributed by atoms with van der Waals surface area (Å²) < 4.78 is 0. The van der Waals surface area contributed by atoms with E-state index in [4.69, 9.17) is 0 Å². The average Bonchev–Trinajstić information content (AvgIpc) is 2.50. The van der Waals surface area contributed by atoms with Crippen molar-refractivity contribution in [1.29, 1.82) is 0 Å². The molecule has 1 aromatic rings. The molecule has 80 valence electrons. The van der Waals surface area contributed by atoms with Crippen LogP contribution in [0.15, 0.2) is 24.3 Å². The van der Waals surface area contributed by atoms with Gasteiger partial charge in [0.1, 0.15) is 0 Å². The molecule has 0 aromatic heterocycles. The van der Waals surface area contributed by atoms with Gasteiger partial charge in [-0.1, -0.05) is 18.2 Å².